The van der Waals surface area contributed by atoms with Crippen LogP contribution >= 0.6 is 0 Å². The van der Waals surface area contributed by atoms with Gasteiger partial charge in [-0.15, -0.1) is 0 Å². The molecule has 102 valence electrons. The number of aromatic nitrogens is 2. The predicted octanol–water partition coefficient (Wildman–Crippen LogP) is 1.71. The molecular formula is C13H16N2O4. The molecule has 0 aliphatic heterocycles. The van der Waals surface area contributed by atoms with Crippen molar-refractivity contribution in [3.05, 3.63) is 35.5 Å². The Morgan fingerprint density at radius 3 is 2.79 bits per heavy atom. The number of hydrogen-bond donors (Lipinski definition) is 1. The van der Waals surface area contributed by atoms with E-state index in [1.165, 1.54) is 0 Å². The average molecular weight is 264 g/mol. The number of aliphatic hydroxyl groups is 1. The Morgan fingerprint density at radius 2 is 2.16 bits per heavy atom. The summed E-state index contributed by atoms with van der Waals surface area (Å²) in [5.41, 5.74) is 0.761. The lowest BCUT2D eigenvalue weighted by molar-refractivity contribution is 0.265. The second-order valence-corrected chi connectivity index (χ2v) is 3.89. The zero-order chi connectivity index (χ0) is 13.7. The van der Waals surface area contributed by atoms with Gasteiger partial charge < -0.3 is 19.1 Å². The molecule has 2 aromatic rings. The molecule has 0 bridgehead atoms. The molecule has 0 saturated carbocycles. The largest absolute Gasteiger partial charge is 0.493 e. The van der Waals surface area contributed by atoms with Gasteiger partial charge in [0.25, 0.3) is 0 Å². The summed E-state index contributed by atoms with van der Waals surface area (Å²) in [6, 6.07) is 5.24. The van der Waals surface area contributed by atoms with Crippen molar-refractivity contribution in [3.63, 3.8) is 0 Å². The number of hydrogen-bond acceptors (Lipinski definition) is 6. The molecule has 2 rings (SSSR count). The highest BCUT2D eigenvalue weighted by Gasteiger charge is 2.09. The normalized spacial score (nSPS) is 10.5. The third-order valence-corrected chi connectivity index (χ3v) is 2.58. The number of rotatable bonds is 6. The molecule has 6 heteroatoms. The van der Waals surface area contributed by atoms with E-state index in [0.29, 0.717) is 29.6 Å². The Balaban J connectivity index is 2.06. The monoisotopic (exact) mass is 264 g/mol. The van der Waals surface area contributed by atoms with Gasteiger partial charge in [0, 0.05) is 6.42 Å². The van der Waals surface area contributed by atoms with Crippen molar-refractivity contribution >= 4 is 0 Å². The molecule has 6 nitrogen and oxygen atoms in total. The predicted molar refractivity (Wildman–Crippen MR) is 66.9 cm³/mol. The smallest absolute Gasteiger partial charge is 0.226 e. The van der Waals surface area contributed by atoms with Gasteiger partial charge >= 0.3 is 0 Å². The lowest BCUT2D eigenvalue weighted by atomic mass is 10.2. The van der Waals surface area contributed by atoms with E-state index in [9.17, 15) is 0 Å². The number of benzene rings is 1. The molecular weight excluding hydrogens is 248 g/mol. The molecule has 0 aliphatic carbocycles. The summed E-state index contributed by atoms with van der Waals surface area (Å²) in [6.07, 6.45) is 0.696. The highest BCUT2D eigenvalue weighted by molar-refractivity contribution is 5.42. The van der Waals surface area contributed by atoms with Gasteiger partial charge in [-0.05, 0) is 17.7 Å². The van der Waals surface area contributed by atoms with Crippen LogP contribution in [0.1, 0.15) is 24.2 Å². The Hall–Kier alpha value is -2.08. The van der Waals surface area contributed by atoms with Gasteiger partial charge in [-0.2, -0.15) is 4.98 Å². The van der Waals surface area contributed by atoms with Crippen LogP contribution < -0.4 is 9.47 Å². The van der Waals surface area contributed by atoms with Crippen LogP contribution in [0, 0.1) is 0 Å². The zero-order valence-corrected chi connectivity index (χ0v) is 10.9. The van der Waals surface area contributed by atoms with E-state index in [2.05, 4.69) is 10.1 Å². The number of ether oxygens (including phenoxy) is 2. The molecule has 0 atom stereocenters. The standard InChI is InChI=1S/C13H16N2O4/c1-3-13-14-12(15-19-13)8-18-10-5-4-9(7-16)6-11(10)17-2/h4-6,16H,3,7-8H2,1-2H3. The molecule has 0 aliphatic rings. The molecule has 0 fully saturated rings. The third kappa shape index (κ3) is 3.23. The molecule has 1 aromatic heterocycles. The highest BCUT2D eigenvalue weighted by atomic mass is 16.5. The molecule has 1 aromatic carbocycles. The summed E-state index contributed by atoms with van der Waals surface area (Å²) >= 11 is 0. The minimum absolute atomic E-state index is 0.0403. The number of aliphatic hydroxyl groups excluding tert-OH is 1. The second-order valence-electron chi connectivity index (χ2n) is 3.89. The van der Waals surface area contributed by atoms with Crippen molar-refractivity contribution in [1.29, 1.82) is 0 Å². The Bertz CT molecular complexity index is 539. The summed E-state index contributed by atoms with van der Waals surface area (Å²) in [4.78, 5) is 4.15. The van der Waals surface area contributed by atoms with Crippen LogP contribution in [0.25, 0.3) is 0 Å². The van der Waals surface area contributed by atoms with Gasteiger partial charge in [0.05, 0.1) is 13.7 Å². The Morgan fingerprint density at radius 1 is 1.32 bits per heavy atom. The molecule has 0 unspecified atom stereocenters. The molecule has 1 heterocycles. The SMILES string of the molecule is CCc1nc(COc2ccc(CO)cc2OC)no1. The third-order valence-electron chi connectivity index (χ3n) is 2.58. The molecule has 0 amide bonds. The van der Waals surface area contributed by atoms with Gasteiger partial charge in [-0.1, -0.05) is 18.1 Å². The molecule has 0 radical (unpaired) electrons. The van der Waals surface area contributed by atoms with Crippen molar-refractivity contribution in [2.45, 2.75) is 26.6 Å². The van der Waals surface area contributed by atoms with Gasteiger partial charge in [0.15, 0.2) is 18.1 Å². The van der Waals surface area contributed by atoms with Gasteiger partial charge in [-0.3, -0.25) is 0 Å². The van der Waals surface area contributed by atoms with Crippen LogP contribution in [0.2, 0.25) is 0 Å². The first-order valence-corrected chi connectivity index (χ1v) is 5.98. The fourth-order valence-corrected chi connectivity index (χ4v) is 1.56. The minimum Gasteiger partial charge on any atom is -0.493 e. The second kappa shape index (κ2) is 6.19. The van der Waals surface area contributed by atoms with Crippen LogP contribution in [0.5, 0.6) is 11.5 Å². The van der Waals surface area contributed by atoms with Crippen LogP contribution in [-0.2, 0) is 19.6 Å². The van der Waals surface area contributed by atoms with Crippen molar-refractivity contribution in [2.24, 2.45) is 0 Å². The van der Waals surface area contributed by atoms with E-state index in [0.717, 1.165) is 5.56 Å². The molecule has 0 spiro atoms. The minimum atomic E-state index is -0.0403. The number of aryl methyl sites for hydroxylation is 1. The van der Waals surface area contributed by atoms with Crippen molar-refractivity contribution < 1.29 is 19.1 Å². The van der Waals surface area contributed by atoms with E-state index >= 15 is 0 Å². The van der Waals surface area contributed by atoms with Crippen molar-refractivity contribution in [3.8, 4) is 11.5 Å². The summed E-state index contributed by atoms with van der Waals surface area (Å²) < 4.78 is 15.8. The maximum Gasteiger partial charge on any atom is 0.226 e. The lowest BCUT2D eigenvalue weighted by Gasteiger charge is -2.10. The van der Waals surface area contributed by atoms with Gasteiger partial charge in [-0.25, -0.2) is 0 Å². The Labute approximate surface area is 111 Å². The van der Waals surface area contributed by atoms with Crippen molar-refractivity contribution in [2.75, 3.05) is 7.11 Å². The van der Waals surface area contributed by atoms with E-state index < -0.39 is 0 Å². The summed E-state index contributed by atoms with van der Waals surface area (Å²) in [7, 11) is 1.55. The highest BCUT2D eigenvalue weighted by Crippen LogP contribution is 2.28. The molecule has 1 N–H and O–H groups in total. The van der Waals surface area contributed by atoms with Crippen LogP contribution in [-0.4, -0.2) is 22.4 Å². The molecule has 0 saturated heterocycles. The van der Waals surface area contributed by atoms with Crippen molar-refractivity contribution in [1.82, 2.24) is 10.1 Å². The van der Waals surface area contributed by atoms with E-state index in [1.54, 1.807) is 25.3 Å². The first-order valence-electron chi connectivity index (χ1n) is 5.98. The van der Waals surface area contributed by atoms with Crippen LogP contribution in [0.15, 0.2) is 22.7 Å². The maximum absolute atomic E-state index is 9.06. The van der Waals surface area contributed by atoms with Gasteiger partial charge in [0.2, 0.25) is 11.7 Å². The Kier molecular flexibility index (Phi) is 4.35. The topological polar surface area (TPSA) is 77.6 Å². The first kappa shape index (κ1) is 13.4. The average Bonchev–Trinajstić information content (AvgIpc) is 2.92. The van der Waals surface area contributed by atoms with E-state index in [4.69, 9.17) is 19.1 Å². The van der Waals surface area contributed by atoms with Crippen LogP contribution in [0.3, 0.4) is 0 Å². The number of methoxy groups -OCH3 is 1. The van der Waals surface area contributed by atoms with Crippen LogP contribution in [0.4, 0.5) is 0 Å². The summed E-state index contributed by atoms with van der Waals surface area (Å²) in [5.74, 6) is 2.21. The molecule has 19 heavy (non-hydrogen) atoms. The fraction of sp³-hybridized carbons (Fsp3) is 0.385. The zero-order valence-electron chi connectivity index (χ0n) is 10.9. The maximum atomic E-state index is 9.06. The summed E-state index contributed by atoms with van der Waals surface area (Å²) in [6.45, 7) is 2.11. The van der Waals surface area contributed by atoms with E-state index in [-0.39, 0.29) is 13.2 Å². The fourth-order valence-electron chi connectivity index (χ4n) is 1.56. The first-order chi connectivity index (χ1) is 9.26. The van der Waals surface area contributed by atoms with E-state index in [1.807, 2.05) is 6.92 Å². The summed E-state index contributed by atoms with van der Waals surface area (Å²) in [5, 5.41) is 12.9. The number of nitrogens with zero attached hydrogens (tertiary/aromatic N) is 2. The van der Waals surface area contributed by atoms with Gasteiger partial charge in [0.1, 0.15) is 0 Å². The lowest BCUT2D eigenvalue weighted by Crippen LogP contribution is -2.00. The quantitative estimate of drug-likeness (QED) is 0.855.